The van der Waals surface area contributed by atoms with Crippen LogP contribution < -0.4 is 0 Å². The number of likely N-dealkylation sites (tertiary alicyclic amines) is 1. The van der Waals surface area contributed by atoms with Gasteiger partial charge in [0.05, 0.1) is 0 Å². The zero-order valence-electron chi connectivity index (χ0n) is 12.3. The van der Waals surface area contributed by atoms with Gasteiger partial charge in [0.25, 0.3) is 0 Å². The molecule has 2 aliphatic rings. The molecule has 1 heterocycles. The average molecular weight is 259 g/mol. The summed E-state index contributed by atoms with van der Waals surface area (Å²) in [5.41, 5.74) is 3.19. The largest absolute Gasteiger partial charge is 0.508 e. The smallest absolute Gasteiger partial charge is 0.115 e. The van der Waals surface area contributed by atoms with E-state index in [1.54, 1.807) is 0 Å². The van der Waals surface area contributed by atoms with Gasteiger partial charge in [-0.1, -0.05) is 26.3 Å². The summed E-state index contributed by atoms with van der Waals surface area (Å²) in [5, 5.41) is 9.90. The lowest BCUT2D eigenvalue weighted by Gasteiger charge is -2.56. The number of hydrogen-bond acceptors (Lipinski definition) is 2. The van der Waals surface area contributed by atoms with E-state index >= 15 is 0 Å². The number of aromatic hydroxyl groups is 1. The summed E-state index contributed by atoms with van der Waals surface area (Å²) in [4.78, 5) is 2.55. The van der Waals surface area contributed by atoms with Crippen molar-refractivity contribution in [3.63, 3.8) is 0 Å². The zero-order valence-corrected chi connectivity index (χ0v) is 12.3. The number of phenolic OH excluding ortho intramolecular Hbond substituents is 1. The Morgan fingerprint density at radius 1 is 1.37 bits per heavy atom. The quantitative estimate of drug-likeness (QED) is 0.880. The highest BCUT2D eigenvalue weighted by Gasteiger charge is 2.50. The van der Waals surface area contributed by atoms with Crippen LogP contribution in [0.4, 0.5) is 0 Å². The molecular weight excluding hydrogens is 234 g/mol. The minimum absolute atomic E-state index is 0.290. The number of fused-ring (bicyclic) bond motifs is 4. The summed E-state index contributed by atoms with van der Waals surface area (Å²) in [6.45, 7) is 5.84. The maximum absolute atomic E-state index is 9.90. The van der Waals surface area contributed by atoms with Gasteiger partial charge in [0.15, 0.2) is 0 Å². The molecule has 0 unspecified atom stereocenters. The molecular formula is C17H25NO. The first kappa shape index (κ1) is 13.0. The van der Waals surface area contributed by atoms with Crippen molar-refractivity contribution in [1.29, 1.82) is 0 Å². The predicted molar refractivity (Wildman–Crippen MR) is 78.6 cm³/mol. The summed E-state index contributed by atoms with van der Waals surface area (Å²) >= 11 is 0. The Morgan fingerprint density at radius 3 is 2.84 bits per heavy atom. The number of likely N-dealkylation sites (N-methyl/N-ethyl adjacent to an activating group) is 1. The summed E-state index contributed by atoms with van der Waals surface area (Å²) < 4.78 is 0. The summed E-state index contributed by atoms with van der Waals surface area (Å²) in [6, 6.07) is 6.72. The van der Waals surface area contributed by atoms with Crippen molar-refractivity contribution in [1.82, 2.24) is 4.90 Å². The van der Waals surface area contributed by atoms with Crippen LogP contribution >= 0.6 is 0 Å². The third kappa shape index (κ3) is 1.73. The van der Waals surface area contributed by atoms with E-state index in [2.05, 4.69) is 31.9 Å². The third-order valence-electron chi connectivity index (χ3n) is 5.78. The molecule has 1 aromatic rings. The lowest BCUT2D eigenvalue weighted by molar-refractivity contribution is 0.0257. The normalized spacial score (nSPS) is 34.1. The molecule has 0 radical (unpaired) electrons. The van der Waals surface area contributed by atoms with Gasteiger partial charge in [-0.15, -0.1) is 0 Å². The highest BCUT2D eigenvalue weighted by Crippen LogP contribution is 2.52. The summed E-state index contributed by atoms with van der Waals surface area (Å²) in [7, 11) is 2.28. The first-order chi connectivity index (χ1) is 9.12. The van der Waals surface area contributed by atoms with Gasteiger partial charge >= 0.3 is 0 Å². The van der Waals surface area contributed by atoms with E-state index < -0.39 is 0 Å². The summed E-state index contributed by atoms with van der Waals surface area (Å²) in [6.07, 6.45) is 4.79. The second-order valence-corrected chi connectivity index (χ2v) is 6.37. The lowest BCUT2D eigenvalue weighted by Crippen LogP contribution is -2.58. The van der Waals surface area contributed by atoms with Gasteiger partial charge in [-0.3, -0.25) is 0 Å². The van der Waals surface area contributed by atoms with Crippen molar-refractivity contribution in [3.8, 4) is 5.75 Å². The van der Waals surface area contributed by atoms with Crippen LogP contribution in [0.1, 0.15) is 44.2 Å². The number of nitrogens with zero attached hydrogens (tertiary/aromatic N) is 1. The van der Waals surface area contributed by atoms with Crippen molar-refractivity contribution in [2.75, 3.05) is 13.6 Å². The van der Waals surface area contributed by atoms with Crippen LogP contribution in [0.2, 0.25) is 0 Å². The van der Waals surface area contributed by atoms with E-state index in [-0.39, 0.29) is 5.41 Å². The van der Waals surface area contributed by atoms with E-state index in [0.29, 0.717) is 11.8 Å². The highest BCUT2D eigenvalue weighted by molar-refractivity contribution is 5.44. The van der Waals surface area contributed by atoms with Crippen molar-refractivity contribution in [2.45, 2.75) is 51.0 Å². The van der Waals surface area contributed by atoms with Crippen molar-refractivity contribution in [2.24, 2.45) is 5.92 Å². The molecule has 3 rings (SSSR count). The molecule has 1 aliphatic heterocycles. The number of benzene rings is 1. The van der Waals surface area contributed by atoms with E-state index in [1.165, 1.54) is 36.9 Å². The van der Waals surface area contributed by atoms with Gasteiger partial charge in [0.2, 0.25) is 0 Å². The van der Waals surface area contributed by atoms with Gasteiger partial charge in [-0.05, 0) is 62.0 Å². The monoisotopic (exact) mass is 259 g/mol. The molecule has 19 heavy (non-hydrogen) atoms. The molecule has 1 aromatic carbocycles. The number of hydrogen-bond donors (Lipinski definition) is 1. The van der Waals surface area contributed by atoms with E-state index in [1.807, 2.05) is 12.1 Å². The van der Waals surface area contributed by atoms with Crippen LogP contribution in [0.5, 0.6) is 5.75 Å². The fraction of sp³-hybridized carbons (Fsp3) is 0.647. The molecule has 3 atom stereocenters. The van der Waals surface area contributed by atoms with Crippen LogP contribution in [-0.4, -0.2) is 29.6 Å². The Hall–Kier alpha value is -1.02. The molecule has 0 saturated carbocycles. The summed E-state index contributed by atoms with van der Waals surface area (Å²) in [5.74, 6) is 1.16. The first-order valence-corrected chi connectivity index (χ1v) is 7.65. The number of rotatable bonds is 2. The van der Waals surface area contributed by atoms with E-state index in [0.717, 1.165) is 12.3 Å². The average Bonchev–Trinajstić information content (AvgIpc) is 2.42. The van der Waals surface area contributed by atoms with Crippen LogP contribution in [0.3, 0.4) is 0 Å². The van der Waals surface area contributed by atoms with Gasteiger partial charge in [-0.25, -0.2) is 0 Å². The fourth-order valence-corrected chi connectivity index (χ4v) is 4.76. The van der Waals surface area contributed by atoms with Crippen molar-refractivity contribution in [3.05, 3.63) is 29.3 Å². The van der Waals surface area contributed by atoms with Crippen molar-refractivity contribution < 1.29 is 5.11 Å². The fourth-order valence-electron chi connectivity index (χ4n) is 4.76. The highest BCUT2D eigenvalue weighted by atomic mass is 16.3. The third-order valence-corrected chi connectivity index (χ3v) is 5.78. The molecule has 2 bridgehead atoms. The second kappa shape index (κ2) is 4.52. The second-order valence-electron chi connectivity index (χ2n) is 6.37. The molecule has 1 N–H and O–H groups in total. The molecule has 0 spiro atoms. The molecule has 0 amide bonds. The minimum Gasteiger partial charge on any atom is -0.508 e. The number of phenols is 1. The Bertz CT molecular complexity index is 484. The topological polar surface area (TPSA) is 23.5 Å². The first-order valence-electron chi connectivity index (χ1n) is 7.65. The maximum atomic E-state index is 9.90. The van der Waals surface area contributed by atoms with Crippen LogP contribution in [0, 0.1) is 5.92 Å². The molecule has 1 saturated heterocycles. The van der Waals surface area contributed by atoms with E-state index in [4.69, 9.17) is 0 Å². The zero-order chi connectivity index (χ0) is 13.6. The van der Waals surface area contributed by atoms with Gasteiger partial charge in [-0.2, -0.15) is 0 Å². The Labute approximate surface area is 116 Å². The maximum Gasteiger partial charge on any atom is 0.115 e. The van der Waals surface area contributed by atoms with Crippen LogP contribution in [0.15, 0.2) is 18.2 Å². The SMILES string of the molecule is CC[C@H]1[C@@H]2Cc3ccc(O)cc3[C@@]1(CC)CCN2C. The molecule has 2 nitrogen and oxygen atoms in total. The lowest BCUT2D eigenvalue weighted by atomic mass is 9.55. The number of piperidine rings is 1. The Kier molecular flexibility index (Phi) is 3.09. The molecule has 104 valence electrons. The minimum atomic E-state index is 0.290. The van der Waals surface area contributed by atoms with Gasteiger partial charge < -0.3 is 10.0 Å². The molecule has 0 aromatic heterocycles. The van der Waals surface area contributed by atoms with Crippen molar-refractivity contribution >= 4 is 0 Å². The standard InChI is InChI=1S/C17H25NO/c1-4-14-16-10-12-6-7-13(19)11-15(12)17(14,5-2)8-9-18(16)3/h6-7,11,14,16,19H,4-5,8-10H2,1-3H3/t14-,16-,17-/m0/s1. The van der Waals surface area contributed by atoms with E-state index in [9.17, 15) is 5.11 Å². The Balaban J connectivity index is 2.18. The Morgan fingerprint density at radius 2 is 2.16 bits per heavy atom. The predicted octanol–water partition coefficient (Wildman–Crippen LogP) is 3.33. The van der Waals surface area contributed by atoms with Gasteiger partial charge in [0, 0.05) is 11.5 Å². The van der Waals surface area contributed by atoms with Gasteiger partial charge in [0.1, 0.15) is 5.75 Å². The molecule has 1 aliphatic carbocycles. The van der Waals surface area contributed by atoms with Crippen LogP contribution in [-0.2, 0) is 11.8 Å². The molecule has 2 heteroatoms. The molecule has 1 fully saturated rings. The van der Waals surface area contributed by atoms with Crippen LogP contribution in [0.25, 0.3) is 0 Å².